The quantitative estimate of drug-likeness (QED) is 0.827. The fraction of sp³-hybridized carbons (Fsp3) is 0.462. The summed E-state index contributed by atoms with van der Waals surface area (Å²) in [5, 5.41) is 12.0. The lowest BCUT2D eigenvalue weighted by atomic mass is 9.85. The number of halogens is 3. The highest BCUT2D eigenvalue weighted by Crippen LogP contribution is 2.29. The molecule has 1 aromatic carbocycles. The van der Waals surface area contributed by atoms with Crippen molar-refractivity contribution in [3.63, 3.8) is 0 Å². The maximum atomic E-state index is 13.6. The van der Waals surface area contributed by atoms with E-state index >= 15 is 0 Å². The van der Waals surface area contributed by atoms with Crippen molar-refractivity contribution < 1.29 is 18.7 Å². The second-order valence-electron chi connectivity index (χ2n) is 4.79. The van der Waals surface area contributed by atoms with Gasteiger partial charge in [0.2, 0.25) is 0 Å². The van der Waals surface area contributed by atoms with E-state index in [2.05, 4.69) is 21.2 Å². The second kappa shape index (κ2) is 5.86. The van der Waals surface area contributed by atoms with E-state index in [0.29, 0.717) is 12.8 Å². The summed E-state index contributed by atoms with van der Waals surface area (Å²) in [6.45, 7) is 0. The number of carboxylic acid groups (broad SMARTS) is 1. The third kappa shape index (κ3) is 3.43. The van der Waals surface area contributed by atoms with Crippen LogP contribution in [-0.2, 0) is 4.79 Å². The van der Waals surface area contributed by atoms with Crippen LogP contribution in [0.4, 0.5) is 14.5 Å². The van der Waals surface area contributed by atoms with Gasteiger partial charge in [0.15, 0.2) is 0 Å². The van der Waals surface area contributed by atoms with Crippen molar-refractivity contribution in [3.8, 4) is 0 Å². The van der Waals surface area contributed by atoms with E-state index < -0.39 is 23.5 Å². The maximum absolute atomic E-state index is 13.6. The first-order chi connectivity index (χ1) is 8.97. The Labute approximate surface area is 118 Å². The molecule has 1 aliphatic rings. The largest absolute Gasteiger partial charge is 0.481 e. The SMILES string of the molecule is O=C(O)C1CCCC(Nc2cc(Br)c(F)cc2F)C1. The molecule has 6 heteroatoms. The zero-order valence-electron chi connectivity index (χ0n) is 10.1. The first-order valence-corrected chi connectivity index (χ1v) is 6.90. The third-order valence-corrected chi connectivity index (χ3v) is 4.00. The number of nitrogens with one attached hydrogen (secondary N) is 1. The van der Waals surface area contributed by atoms with Crippen LogP contribution in [0.25, 0.3) is 0 Å². The molecule has 0 aliphatic heterocycles. The predicted octanol–water partition coefficient (Wildman–Crippen LogP) is 3.78. The van der Waals surface area contributed by atoms with Crippen LogP contribution in [0.2, 0.25) is 0 Å². The monoisotopic (exact) mass is 333 g/mol. The van der Waals surface area contributed by atoms with Crippen LogP contribution in [0, 0.1) is 17.6 Å². The van der Waals surface area contributed by atoms with Gasteiger partial charge >= 0.3 is 5.97 Å². The number of carbonyl (C=O) groups is 1. The van der Waals surface area contributed by atoms with Crippen LogP contribution in [-0.4, -0.2) is 17.1 Å². The standard InChI is InChI=1S/C13H14BrF2NO2/c14-9-5-12(11(16)6-10(9)15)17-8-3-1-2-7(4-8)13(18)19/h5-8,17H,1-4H2,(H,18,19). The van der Waals surface area contributed by atoms with Crippen molar-refractivity contribution in [1.82, 2.24) is 0 Å². The molecule has 104 valence electrons. The third-order valence-electron chi connectivity index (χ3n) is 3.39. The summed E-state index contributed by atoms with van der Waals surface area (Å²) in [6, 6.07) is 2.06. The average Bonchev–Trinajstić information content (AvgIpc) is 2.36. The molecular formula is C13H14BrF2NO2. The van der Waals surface area contributed by atoms with Crippen LogP contribution in [0.1, 0.15) is 25.7 Å². The minimum atomic E-state index is -0.813. The molecule has 0 bridgehead atoms. The van der Waals surface area contributed by atoms with Gasteiger partial charge in [-0.3, -0.25) is 4.79 Å². The number of carboxylic acids is 1. The topological polar surface area (TPSA) is 49.3 Å². The fourth-order valence-corrected chi connectivity index (χ4v) is 2.74. The molecule has 2 unspecified atom stereocenters. The van der Waals surface area contributed by atoms with E-state index in [-0.39, 0.29) is 16.2 Å². The molecule has 2 atom stereocenters. The summed E-state index contributed by atoms with van der Waals surface area (Å²) in [6.07, 6.45) is 2.70. The van der Waals surface area contributed by atoms with E-state index in [1.54, 1.807) is 0 Å². The van der Waals surface area contributed by atoms with Crippen molar-refractivity contribution in [1.29, 1.82) is 0 Å². The maximum Gasteiger partial charge on any atom is 0.306 e. The van der Waals surface area contributed by atoms with E-state index in [1.165, 1.54) is 6.07 Å². The van der Waals surface area contributed by atoms with E-state index in [0.717, 1.165) is 18.9 Å². The number of benzene rings is 1. The summed E-state index contributed by atoms with van der Waals surface area (Å²) >= 11 is 3.00. The Morgan fingerprint density at radius 1 is 1.32 bits per heavy atom. The molecule has 2 N–H and O–H groups in total. The summed E-state index contributed by atoms with van der Waals surface area (Å²) in [7, 11) is 0. The highest BCUT2D eigenvalue weighted by Gasteiger charge is 2.27. The smallest absolute Gasteiger partial charge is 0.306 e. The Bertz CT molecular complexity index is 496. The minimum Gasteiger partial charge on any atom is -0.481 e. The van der Waals surface area contributed by atoms with Gasteiger partial charge in [-0.2, -0.15) is 0 Å². The molecule has 0 aromatic heterocycles. The van der Waals surface area contributed by atoms with Crippen molar-refractivity contribution >= 4 is 27.6 Å². The lowest BCUT2D eigenvalue weighted by Gasteiger charge is -2.28. The number of hydrogen-bond acceptors (Lipinski definition) is 2. The summed E-state index contributed by atoms with van der Waals surface area (Å²) in [5.41, 5.74) is 0.198. The zero-order chi connectivity index (χ0) is 14.0. The van der Waals surface area contributed by atoms with Crippen molar-refractivity contribution in [2.75, 3.05) is 5.32 Å². The second-order valence-corrected chi connectivity index (χ2v) is 5.64. The van der Waals surface area contributed by atoms with Crippen molar-refractivity contribution in [2.24, 2.45) is 5.92 Å². The van der Waals surface area contributed by atoms with Gasteiger partial charge in [-0.05, 0) is 41.3 Å². The first kappa shape index (κ1) is 14.2. The van der Waals surface area contributed by atoms with Crippen LogP contribution < -0.4 is 5.32 Å². The molecule has 0 radical (unpaired) electrons. The molecule has 1 saturated carbocycles. The van der Waals surface area contributed by atoms with Crippen molar-refractivity contribution in [2.45, 2.75) is 31.7 Å². The van der Waals surface area contributed by atoms with Crippen LogP contribution >= 0.6 is 15.9 Å². The van der Waals surface area contributed by atoms with Crippen LogP contribution in [0.15, 0.2) is 16.6 Å². The van der Waals surface area contributed by atoms with Crippen LogP contribution in [0.3, 0.4) is 0 Å². The average molecular weight is 334 g/mol. The Morgan fingerprint density at radius 3 is 2.74 bits per heavy atom. The van der Waals surface area contributed by atoms with Gasteiger partial charge in [0.25, 0.3) is 0 Å². The predicted molar refractivity (Wildman–Crippen MR) is 71.1 cm³/mol. The molecule has 0 amide bonds. The molecule has 1 aromatic rings. The fourth-order valence-electron chi connectivity index (χ4n) is 2.40. The number of hydrogen-bond donors (Lipinski definition) is 2. The molecule has 0 heterocycles. The van der Waals surface area contributed by atoms with Gasteiger partial charge in [0, 0.05) is 12.1 Å². The summed E-state index contributed by atoms with van der Waals surface area (Å²) in [4.78, 5) is 11.0. The lowest BCUT2D eigenvalue weighted by molar-refractivity contribution is -0.142. The van der Waals surface area contributed by atoms with Gasteiger partial charge in [-0.25, -0.2) is 8.78 Å². The molecule has 1 fully saturated rings. The molecular weight excluding hydrogens is 320 g/mol. The molecule has 0 spiro atoms. The normalized spacial score (nSPS) is 23.1. The Kier molecular flexibility index (Phi) is 4.39. The summed E-state index contributed by atoms with van der Waals surface area (Å²) < 4.78 is 26.9. The zero-order valence-corrected chi connectivity index (χ0v) is 11.7. The molecule has 1 aliphatic carbocycles. The van der Waals surface area contributed by atoms with Crippen LogP contribution in [0.5, 0.6) is 0 Å². The number of anilines is 1. The van der Waals surface area contributed by atoms with E-state index in [9.17, 15) is 13.6 Å². The molecule has 19 heavy (non-hydrogen) atoms. The highest BCUT2D eigenvalue weighted by atomic mass is 79.9. The van der Waals surface area contributed by atoms with E-state index in [4.69, 9.17) is 5.11 Å². The number of rotatable bonds is 3. The Morgan fingerprint density at radius 2 is 2.05 bits per heavy atom. The van der Waals surface area contributed by atoms with Gasteiger partial charge in [0.1, 0.15) is 11.6 Å². The molecule has 2 rings (SSSR count). The van der Waals surface area contributed by atoms with Gasteiger partial charge in [-0.15, -0.1) is 0 Å². The highest BCUT2D eigenvalue weighted by molar-refractivity contribution is 9.10. The minimum absolute atomic E-state index is 0.0956. The van der Waals surface area contributed by atoms with Crippen molar-refractivity contribution in [3.05, 3.63) is 28.2 Å². The number of aliphatic carboxylic acids is 1. The first-order valence-electron chi connectivity index (χ1n) is 6.11. The Balaban J connectivity index is 2.08. The van der Waals surface area contributed by atoms with E-state index in [1.807, 2.05) is 0 Å². The Hall–Kier alpha value is -1.17. The van der Waals surface area contributed by atoms with Gasteiger partial charge in [-0.1, -0.05) is 6.42 Å². The van der Waals surface area contributed by atoms with Gasteiger partial charge in [0.05, 0.1) is 16.1 Å². The lowest BCUT2D eigenvalue weighted by Crippen LogP contribution is -2.31. The molecule has 3 nitrogen and oxygen atoms in total. The van der Waals surface area contributed by atoms with Gasteiger partial charge < -0.3 is 10.4 Å². The summed E-state index contributed by atoms with van der Waals surface area (Å²) in [5.74, 6) is -2.53. The molecule has 0 saturated heterocycles.